The Hall–Kier alpha value is -2.42. The Bertz CT molecular complexity index is 781. The fourth-order valence-electron chi connectivity index (χ4n) is 2.10. The molecule has 0 unspecified atom stereocenters. The van der Waals surface area contributed by atoms with Crippen LogP contribution in [-0.2, 0) is 0 Å². The number of carbonyl (C=O) groups is 2. The van der Waals surface area contributed by atoms with Gasteiger partial charge in [-0.05, 0) is 12.1 Å². The molecule has 0 aromatic heterocycles. The van der Waals surface area contributed by atoms with Crippen LogP contribution in [0.4, 0.5) is 25.2 Å². The molecule has 12 heteroatoms. The molecular formula is C15H18F6N3O2P. The van der Waals surface area contributed by atoms with Gasteiger partial charge in [0.05, 0.1) is 11.1 Å². The summed E-state index contributed by atoms with van der Waals surface area (Å²) in [6, 6.07) is 6.88. The van der Waals surface area contributed by atoms with E-state index in [0.717, 1.165) is 0 Å². The Morgan fingerprint density at radius 1 is 0.963 bits per heavy atom. The number of amides is 2. The Morgan fingerprint density at radius 2 is 1.33 bits per heavy atom. The molecule has 27 heavy (non-hydrogen) atoms. The molecule has 0 aliphatic carbocycles. The SMILES string of the molecule is CN(C)/C=C(/C=[N+](C)C)N1C(=O)c2ccccc2C1=O.F[P-](F)(F)(F)(F)F. The van der Waals surface area contributed by atoms with Crippen molar-refractivity contribution >= 4 is 25.8 Å². The minimum atomic E-state index is -10.7. The van der Waals surface area contributed by atoms with Gasteiger partial charge in [0.25, 0.3) is 11.8 Å². The zero-order valence-corrected chi connectivity index (χ0v) is 15.7. The summed E-state index contributed by atoms with van der Waals surface area (Å²) in [6.07, 6.45) is 3.50. The van der Waals surface area contributed by atoms with E-state index >= 15 is 0 Å². The van der Waals surface area contributed by atoms with Gasteiger partial charge < -0.3 is 4.90 Å². The van der Waals surface area contributed by atoms with Crippen LogP contribution in [0.2, 0.25) is 0 Å². The van der Waals surface area contributed by atoms with E-state index in [-0.39, 0.29) is 11.8 Å². The quantitative estimate of drug-likeness (QED) is 0.241. The predicted octanol–water partition coefficient (Wildman–Crippen LogP) is 4.41. The van der Waals surface area contributed by atoms with Crippen LogP contribution in [0, 0.1) is 0 Å². The van der Waals surface area contributed by atoms with E-state index in [0.29, 0.717) is 16.8 Å². The van der Waals surface area contributed by atoms with Crippen molar-refractivity contribution in [3.8, 4) is 0 Å². The molecule has 1 aliphatic rings. The van der Waals surface area contributed by atoms with Crippen molar-refractivity contribution in [2.45, 2.75) is 0 Å². The molecule has 2 amide bonds. The van der Waals surface area contributed by atoms with E-state index in [1.54, 1.807) is 46.2 Å². The van der Waals surface area contributed by atoms with Crippen LogP contribution in [0.5, 0.6) is 0 Å². The molecule has 0 N–H and O–H groups in total. The number of carbonyl (C=O) groups excluding carboxylic acids is 2. The van der Waals surface area contributed by atoms with Gasteiger partial charge in [0.2, 0.25) is 0 Å². The summed E-state index contributed by atoms with van der Waals surface area (Å²) in [6.45, 7) is 0. The van der Waals surface area contributed by atoms with Gasteiger partial charge in [-0.1, -0.05) is 12.1 Å². The van der Waals surface area contributed by atoms with Gasteiger partial charge in [-0.15, -0.1) is 0 Å². The molecule has 0 fully saturated rings. The van der Waals surface area contributed by atoms with Crippen molar-refractivity contribution in [1.29, 1.82) is 0 Å². The van der Waals surface area contributed by atoms with E-state index in [1.807, 2.05) is 28.2 Å². The second-order valence-electron chi connectivity index (χ2n) is 6.06. The Labute approximate surface area is 151 Å². The molecule has 0 bridgehead atoms. The van der Waals surface area contributed by atoms with E-state index in [2.05, 4.69) is 0 Å². The molecule has 0 saturated heterocycles. The van der Waals surface area contributed by atoms with Crippen LogP contribution in [-0.4, -0.2) is 60.6 Å². The Kier molecular flexibility index (Phi) is 5.56. The van der Waals surface area contributed by atoms with Gasteiger partial charge in [-0.25, -0.2) is 9.48 Å². The minimum absolute atomic E-state index is 0.281. The van der Waals surface area contributed by atoms with Crippen molar-refractivity contribution in [3.05, 3.63) is 47.3 Å². The standard InChI is InChI=1S/C15H18N3O2.F6P/c1-16(2)9-11(10-17(3)4)18-14(19)12-7-5-6-8-13(12)15(18)20;1-7(2,3,4,5)6/h5-10H,1-4H3;/q+1;-1. The molecule has 1 heterocycles. The first-order valence-electron chi connectivity index (χ1n) is 7.30. The third-order valence-corrected chi connectivity index (χ3v) is 2.83. The second kappa shape index (κ2) is 6.63. The number of halogens is 6. The van der Waals surface area contributed by atoms with E-state index < -0.39 is 7.81 Å². The molecule has 1 aromatic carbocycles. The summed E-state index contributed by atoms with van der Waals surface area (Å²) in [5, 5.41) is 0. The van der Waals surface area contributed by atoms with Crippen LogP contribution in [0.15, 0.2) is 36.2 Å². The average molecular weight is 417 g/mol. The van der Waals surface area contributed by atoms with Gasteiger partial charge in [-0.3, -0.25) is 9.59 Å². The van der Waals surface area contributed by atoms with Crippen molar-refractivity contribution in [3.63, 3.8) is 0 Å². The number of hydrogen-bond acceptors (Lipinski definition) is 3. The first-order chi connectivity index (χ1) is 11.9. The van der Waals surface area contributed by atoms with Gasteiger partial charge in [-0.2, -0.15) is 0 Å². The Morgan fingerprint density at radius 3 is 1.63 bits per heavy atom. The normalized spacial score (nSPS) is 16.7. The number of fused-ring (bicyclic) bond motifs is 1. The molecular weight excluding hydrogens is 399 g/mol. The number of rotatable bonds is 3. The molecule has 0 atom stereocenters. The maximum atomic E-state index is 12.4. The number of benzene rings is 1. The fraction of sp³-hybridized carbons (Fsp3) is 0.267. The van der Waals surface area contributed by atoms with E-state index in [4.69, 9.17) is 0 Å². The zero-order valence-electron chi connectivity index (χ0n) is 14.8. The van der Waals surface area contributed by atoms with Crippen molar-refractivity contribution < 1.29 is 39.3 Å². The third-order valence-electron chi connectivity index (χ3n) is 2.83. The van der Waals surface area contributed by atoms with Gasteiger partial charge >= 0.3 is 33.0 Å². The van der Waals surface area contributed by atoms with Crippen molar-refractivity contribution in [1.82, 2.24) is 9.80 Å². The van der Waals surface area contributed by atoms with Gasteiger partial charge in [0, 0.05) is 20.3 Å². The third kappa shape index (κ3) is 8.21. The summed E-state index contributed by atoms with van der Waals surface area (Å²) in [4.78, 5) is 27.9. The average Bonchev–Trinajstić information content (AvgIpc) is 2.66. The van der Waals surface area contributed by atoms with Crippen LogP contribution in [0.3, 0.4) is 0 Å². The summed E-state index contributed by atoms with van der Waals surface area (Å²) in [5.41, 5.74) is 1.45. The van der Waals surface area contributed by atoms with E-state index in [9.17, 15) is 34.8 Å². The van der Waals surface area contributed by atoms with Crippen molar-refractivity contribution in [2.24, 2.45) is 0 Å². The summed E-state index contributed by atoms with van der Waals surface area (Å²) in [7, 11) is -3.26. The summed E-state index contributed by atoms with van der Waals surface area (Å²) < 4.78 is 61.0. The molecule has 152 valence electrons. The van der Waals surface area contributed by atoms with Crippen LogP contribution in [0.25, 0.3) is 0 Å². The number of hydrogen-bond donors (Lipinski definition) is 0. The molecule has 0 radical (unpaired) electrons. The molecule has 1 aliphatic heterocycles. The predicted molar refractivity (Wildman–Crippen MR) is 90.5 cm³/mol. The zero-order chi connectivity index (χ0) is 21.3. The van der Waals surface area contributed by atoms with Crippen LogP contribution < -0.4 is 0 Å². The van der Waals surface area contributed by atoms with Gasteiger partial charge in [0.15, 0.2) is 6.21 Å². The topological polar surface area (TPSA) is 43.6 Å². The molecule has 1 aromatic rings. The molecule has 0 saturated carbocycles. The summed E-state index contributed by atoms with van der Waals surface area (Å²) in [5.74, 6) is -0.561. The Balaban J connectivity index is 0.000000445. The van der Waals surface area contributed by atoms with Gasteiger partial charge in [0.1, 0.15) is 19.8 Å². The molecule has 2 rings (SSSR count). The number of nitrogens with zero attached hydrogens (tertiary/aromatic N) is 3. The van der Waals surface area contributed by atoms with Crippen molar-refractivity contribution in [2.75, 3.05) is 28.2 Å². The number of imide groups is 1. The number of allylic oxidation sites excluding steroid dienone is 1. The molecule has 5 nitrogen and oxygen atoms in total. The maximum absolute atomic E-state index is 12.4. The van der Waals surface area contributed by atoms with Crippen LogP contribution in [0.1, 0.15) is 20.7 Å². The second-order valence-corrected chi connectivity index (χ2v) is 7.98. The summed E-state index contributed by atoms with van der Waals surface area (Å²) >= 11 is 0. The first kappa shape index (κ1) is 22.6. The van der Waals surface area contributed by atoms with E-state index in [1.165, 1.54) is 4.90 Å². The monoisotopic (exact) mass is 417 g/mol. The van der Waals surface area contributed by atoms with Crippen LogP contribution >= 0.6 is 7.81 Å². The fourth-order valence-corrected chi connectivity index (χ4v) is 2.10. The first-order valence-corrected chi connectivity index (χ1v) is 9.33. The molecule has 0 spiro atoms.